The van der Waals surface area contributed by atoms with Gasteiger partial charge in [0.05, 0.1) is 19.1 Å². The molecule has 0 bridgehead atoms. The number of ether oxygens (including phenoxy) is 1. The molecule has 1 N–H and O–H groups in total. The molecule has 8 nitrogen and oxygen atoms in total. The molecule has 0 saturated heterocycles. The number of rotatable bonds is 13. The molecule has 10 heteroatoms. The van der Waals surface area contributed by atoms with Gasteiger partial charge in [0, 0.05) is 24.5 Å². The zero-order chi connectivity index (χ0) is 29.3. The Morgan fingerprint density at radius 3 is 2.17 bits per heavy atom. The van der Waals surface area contributed by atoms with E-state index < -0.39 is 28.5 Å². The first-order valence-electron chi connectivity index (χ1n) is 12.9. The molecule has 0 aliphatic rings. The van der Waals surface area contributed by atoms with Gasteiger partial charge < -0.3 is 15.0 Å². The summed E-state index contributed by atoms with van der Waals surface area (Å²) in [5.74, 6) is -0.0878. The van der Waals surface area contributed by atoms with Crippen LogP contribution in [0.25, 0.3) is 0 Å². The van der Waals surface area contributed by atoms with Gasteiger partial charge in [0.25, 0.3) is 0 Å². The molecule has 3 aromatic carbocycles. The highest BCUT2D eigenvalue weighted by molar-refractivity contribution is 7.92. The Bertz CT molecular complexity index is 1380. The maximum absolute atomic E-state index is 14.0. The number of nitrogens with zero attached hydrogens (tertiary/aromatic N) is 2. The lowest BCUT2D eigenvalue weighted by atomic mass is 10.0. The van der Waals surface area contributed by atoms with Crippen molar-refractivity contribution in [2.24, 2.45) is 5.92 Å². The maximum atomic E-state index is 14.0. The zero-order valence-corrected chi connectivity index (χ0v) is 24.8. The highest BCUT2D eigenvalue weighted by Gasteiger charge is 2.33. The third-order valence-corrected chi connectivity index (χ3v) is 7.61. The number of methoxy groups -OCH3 is 1. The second-order valence-electron chi connectivity index (χ2n) is 9.96. The number of benzene rings is 3. The van der Waals surface area contributed by atoms with Crippen LogP contribution in [0, 0.1) is 5.92 Å². The number of carbonyl (C=O) groups is 2. The summed E-state index contributed by atoms with van der Waals surface area (Å²) < 4.78 is 31.9. The topological polar surface area (TPSA) is 96.0 Å². The summed E-state index contributed by atoms with van der Waals surface area (Å²) in [6.07, 6.45) is 1.29. The number of nitrogens with one attached hydrogen (secondary N) is 1. The summed E-state index contributed by atoms with van der Waals surface area (Å²) in [6, 6.07) is 21.9. The number of amides is 2. The average molecular weight is 586 g/mol. The lowest BCUT2D eigenvalue weighted by molar-refractivity contribution is -0.140. The van der Waals surface area contributed by atoms with E-state index in [-0.39, 0.29) is 24.8 Å². The Hall–Kier alpha value is -3.56. The lowest BCUT2D eigenvalue weighted by Crippen LogP contribution is -2.53. The first-order chi connectivity index (χ1) is 19.0. The van der Waals surface area contributed by atoms with Crippen molar-refractivity contribution < 1.29 is 22.7 Å². The molecule has 0 radical (unpaired) electrons. The summed E-state index contributed by atoms with van der Waals surface area (Å²) in [5, 5.41) is 3.45. The van der Waals surface area contributed by atoms with E-state index in [2.05, 4.69) is 5.32 Å². The number of hydrogen-bond acceptors (Lipinski definition) is 5. The van der Waals surface area contributed by atoms with E-state index in [1.165, 1.54) is 12.0 Å². The van der Waals surface area contributed by atoms with Gasteiger partial charge in [-0.3, -0.25) is 13.9 Å². The van der Waals surface area contributed by atoms with Crippen LogP contribution in [0.3, 0.4) is 0 Å². The fourth-order valence-electron chi connectivity index (χ4n) is 4.17. The molecular formula is C30H36ClN3O5S. The maximum Gasteiger partial charge on any atom is 0.244 e. The molecule has 214 valence electrons. The third-order valence-electron chi connectivity index (χ3n) is 6.24. The molecule has 40 heavy (non-hydrogen) atoms. The van der Waals surface area contributed by atoms with Crippen molar-refractivity contribution in [3.8, 4) is 5.75 Å². The van der Waals surface area contributed by atoms with Crippen LogP contribution in [0.2, 0.25) is 5.02 Å². The van der Waals surface area contributed by atoms with E-state index in [9.17, 15) is 18.0 Å². The van der Waals surface area contributed by atoms with E-state index in [4.69, 9.17) is 16.3 Å². The van der Waals surface area contributed by atoms with Crippen LogP contribution in [0.4, 0.5) is 5.69 Å². The molecule has 3 aromatic rings. The largest absolute Gasteiger partial charge is 0.497 e. The monoisotopic (exact) mass is 585 g/mol. The molecule has 3 rings (SSSR count). The van der Waals surface area contributed by atoms with Crippen LogP contribution in [0.5, 0.6) is 5.75 Å². The standard InChI is InChI=1S/C30H36ClN3O5S/c1-22(2)19-32-30(36)28(18-23-9-6-5-7-10-23)33(20-24-11-8-12-25(31)17-24)29(35)21-34(40(4,37)38)26-13-15-27(39-3)16-14-26/h5-17,22,28H,18-21H2,1-4H3,(H,32,36)/t28-/m0/s1. The fraction of sp³-hybridized carbons (Fsp3) is 0.333. The number of sulfonamides is 1. The van der Waals surface area contributed by atoms with Gasteiger partial charge in [0.2, 0.25) is 21.8 Å². The molecule has 0 heterocycles. The number of carbonyl (C=O) groups excluding carboxylic acids is 2. The SMILES string of the molecule is COc1ccc(N(CC(=O)N(Cc2cccc(Cl)c2)[C@@H](Cc2ccccc2)C(=O)NCC(C)C)S(C)(=O)=O)cc1. The van der Waals surface area contributed by atoms with E-state index >= 15 is 0 Å². The van der Waals surface area contributed by atoms with Crippen molar-refractivity contribution in [3.05, 3.63) is 95.0 Å². The van der Waals surface area contributed by atoms with Crippen LogP contribution in [-0.2, 0) is 32.6 Å². The zero-order valence-electron chi connectivity index (χ0n) is 23.2. The summed E-state index contributed by atoms with van der Waals surface area (Å²) in [4.78, 5) is 29.1. The van der Waals surface area contributed by atoms with E-state index in [1.807, 2.05) is 50.2 Å². The summed E-state index contributed by atoms with van der Waals surface area (Å²) >= 11 is 6.23. The average Bonchev–Trinajstić information content (AvgIpc) is 2.92. The second-order valence-corrected chi connectivity index (χ2v) is 12.3. The molecule has 1 atom stereocenters. The van der Waals surface area contributed by atoms with Gasteiger partial charge in [-0.2, -0.15) is 0 Å². The Labute approximate surface area is 241 Å². The first-order valence-corrected chi connectivity index (χ1v) is 15.2. The van der Waals surface area contributed by atoms with Gasteiger partial charge >= 0.3 is 0 Å². The molecular weight excluding hydrogens is 550 g/mol. The molecule has 2 amide bonds. The van der Waals surface area contributed by atoms with E-state index in [0.717, 1.165) is 16.1 Å². The van der Waals surface area contributed by atoms with Gasteiger partial charge in [-0.1, -0.05) is 67.9 Å². The van der Waals surface area contributed by atoms with Gasteiger partial charge in [0.15, 0.2) is 0 Å². The highest BCUT2D eigenvalue weighted by atomic mass is 35.5. The smallest absolute Gasteiger partial charge is 0.244 e. The van der Waals surface area contributed by atoms with Crippen LogP contribution in [-0.4, -0.2) is 57.6 Å². The van der Waals surface area contributed by atoms with Crippen LogP contribution in [0.1, 0.15) is 25.0 Å². The van der Waals surface area contributed by atoms with Crippen LogP contribution >= 0.6 is 11.6 Å². The van der Waals surface area contributed by atoms with Crippen molar-refractivity contribution >= 4 is 39.1 Å². The summed E-state index contributed by atoms with van der Waals surface area (Å²) in [7, 11) is -2.34. The van der Waals surface area contributed by atoms with E-state index in [1.54, 1.807) is 42.5 Å². The Morgan fingerprint density at radius 2 is 1.60 bits per heavy atom. The summed E-state index contributed by atoms with van der Waals surface area (Å²) in [6.45, 7) is 3.98. The molecule has 0 saturated carbocycles. The molecule has 0 fully saturated rings. The van der Waals surface area contributed by atoms with Crippen molar-refractivity contribution in [2.75, 3.05) is 30.8 Å². The molecule has 0 aromatic heterocycles. The first kappa shape index (κ1) is 31.0. The fourth-order valence-corrected chi connectivity index (χ4v) is 5.23. The number of anilines is 1. The van der Waals surface area contributed by atoms with Crippen molar-refractivity contribution in [3.63, 3.8) is 0 Å². The minimum Gasteiger partial charge on any atom is -0.497 e. The quantitative estimate of drug-likeness (QED) is 0.318. The second kappa shape index (κ2) is 14.2. The predicted octanol–water partition coefficient (Wildman–Crippen LogP) is 4.53. The normalized spacial score (nSPS) is 12.1. The number of halogens is 1. The van der Waals surface area contributed by atoms with Gasteiger partial charge in [-0.25, -0.2) is 8.42 Å². The third kappa shape index (κ3) is 8.99. The minimum absolute atomic E-state index is 0.0617. The molecule has 0 aliphatic carbocycles. The van der Waals surface area contributed by atoms with Gasteiger partial charge in [-0.15, -0.1) is 0 Å². The lowest BCUT2D eigenvalue weighted by Gasteiger charge is -2.33. The molecule has 0 spiro atoms. The Morgan fingerprint density at radius 1 is 0.950 bits per heavy atom. The Kier molecular flexibility index (Phi) is 11.0. The Balaban J connectivity index is 2.03. The minimum atomic E-state index is -3.85. The van der Waals surface area contributed by atoms with Crippen LogP contribution in [0.15, 0.2) is 78.9 Å². The van der Waals surface area contributed by atoms with E-state index in [0.29, 0.717) is 28.6 Å². The molecule has 0 unspecified atom stereocenters. The van der Waals surface area contributed by atoms with Gasteiger partial charge in [-0.05, 0) is 53.4 Å². The van der Waals surface area contributed by atoms with Crippen molar-refractivity contribution in [2.45, 2.75) is 32.9 Å². The van der Waals surface area contributed by atoms with Crippen molar-refractivity contribution in [1.29, 1.82) is 0 Å². The van der Waals surface area contributed by atoms with Crippen molar-refractivity contribution in [1.82, 2.24) is 10.2 Å². The highest BCUT2D eigenvalue weighted by Crippen LogP contribution is 2.23. The van der Waals surface area contributed by atoms with Crippen LogP contribution < -0.4 is 14.4 Å². The number of hydrogen-bond donors (Lipinski definition) is 1. The predicted molar refractivity (Wildman–Crippen MR) is 159 cm³/mol. The van der Waals surface area contributed by atoms with Gasteiger partial charge in [0.1, 0.15) is 18.3 Å². The molecule has 0 aliphatic heterocycles. The summed E-state index contributed by atoms with van der Waals surface area (Å²) in [5.41, 5.74) is 1.89.